The molecule has 0 aliphatic heterocycles. The normalized spacial score (nSPS) is 10.3. The van der Waals surface area contributed by atoms with Gasteiger partial charge in [0.05, 0.1) is 20.4 Å². The molecule has 2 rings (SSSR count). The highest BCUT2D eigenvalue weighted by Crippen LogP contribution is 2.38. The van der Waals surface area contributed by atoms with Gasteiger partial charge in [-0.1, -0.05) is 5.16 Å². The van der Waals surface area contributed by atoms with Gasteiger partial charge in [-0.2, -0.15) is 0 Å². The van der Waals surface area contributed by atoms with E-state index < -0.39 is 0 Å². The van der Waals surface area contributed by atoms with Crippen LogP contribution in [0.5, 0.6) is 17.2 Å². The van der Waals surface area contributed by atoms with E-state index in [2.05, 4.69) is 5.16 Å². The average molecular weight is 264 g/mol. The number of aromatic nitrogens is 1. The van der Waals surface area contributed by atoms with Crippen molar-refractivity contribution in [2.45, 2.75) is 13.2 Å². The van der Waals surface area contributed by atoms with Gasteiger partial charge in [0.2, 0.25) is 5.75 Å². The van der Waals surface area contributed by atoms with E-state index >= 15 is 0 Å². The van der Waals surface area contributed by atoms with Crippen molar-refractivity contribution in [1.29, 1.82) is 0 Å². The number of nitrogens with two attached hydrogens (primary N) is 1. The van der Waals surface area contributed by atoms with E-state index in [9.17, 15) is 0 Å². The molecule has 0 aliphatic carbocycles. The molecule has 6 heteroatoms. The number of methoxy groups -OCH3 is 2. The van der Waals surface area contributed by atoms with Gasteiger partial charge >= 0.3 is 0 Å². The molecule has 0 aliphatic rings. The summed E-state index contributed by atoms with van der Waals surface area (Å²) < 4.78 is 21.2. The first-order valence-electron chi connectivity index (χ1n) is 5.75. The second kappa shape index (κ2) is 6.10. The first-order valence-corrected chi connectivity index (χ1v) is 5.75. The first-order chi connectivity index (χ1) is 9.28. The van der Waals surface area contributed by atoms with Gasteiger partial charge in [0.1, 0.15) is 6.61 Å². The van der Waals surface area contributed by atoms with E-state index in [0.29, 0.717) is 29.6 Å². The fourth-order valence-electron chi connectivity index (χ4n) is 1.65. The Morgan fingerprint density at radius 3 is 2.37 bits per heavy atom. The van der Waals surface area contributed by atoms with Crippen LogP contribution in [0, 0.1) is 0 Å². The lowest BCUT2D eigenvalue weighted by Gasteiger charge is -2.15. The van der Waals surface area contributed by atoms with Crippen molar-refractivity contribution >= 4 is 0 Å². The van der Waals surface area contributed by atoms with Crippen LogP contribution in [0.1, 0.15) is 11.3 Å². The third-order valence-corrected chi connectivity index (χ3v) is 2.61. The minimum Gasteiger partial charge on any atom is -0.493 e. The first kappa shape index (κ1) is 13.2. The third kappa shape index (κ3) is 2.97. The topological polar surface area (TPSA) is 79.7 Å². The Morgan fingerprint density at radius 1 is 1.21 bits per heavy atom. The van der Waals surface area contributed by atoms with Gasteiger partial charge in [-0.3, -0.25) is 0 Å². The molecule has 0 bridgehead atoms. The van der Waals surface area contributed by atoms with Crippen LogP contribution in [0.25, 0.3) is 0 Å². The van der Waals surface area contributed by atoms with Gasteiger partial charge in [-0.25, -0.2) is 0 Å². The van der Waals surface area contributed by atoms with Crippen LogP contribution in [0.3, 0.4) is 0 Å². The summed E-state index contributed by atoms with van der Waals surface area (Å²) in [5, 5.41) is 3.61. The van der Waals surface area contributed by atoms with Crippen molar-refractivity contribution in [1.82, 2.24) is 5.16 Å². The Bertz CT molecular complexity index is 500. The summed E-state index contributed by atoms with van der Waals surface area (Å²) >= 11 is 0. The molecule has 0 unspecified atom stereocenters. The second-order valence-corrected chi connectivity index (χ2v) is 3.80. The van der Waals surface area contributed by atoms with Gasteiger partial charge in [0.25, 0.3) is 0 Å². The fourth-order valence-corrected chi connectivity index (χ4v) is 1.65. The highest BCUT2D eigenvalue weighted by molar-refractivity contribution is 5.53. The molecule has 19 heavy (non-hydrogen) atoms. The Kier molecular flexibility index (Phi) is 4.25. The summed E-state index contributed by atoms with van der Waals surface area (Å²) in [6, 6.07) is 5.36. The number of hydrogen-bond acceptors (Lipinski definition) is 6. The fraction of sp³-hybridized carbons (Fsp3) is 0.308. The van der Waals surface area contributed by atoms with Crippen molar-refractivity contribution in [3.63, 3.8) is 0 Å². The summed E-state index contributed by atoms with van der Waals surface area (Å²) in [6.45, 7) is 0.643. The maximum Gasteiger partial charge on any atom is 0.204 e. The van der Waals surface area contributed by atoms with Crippen LogP contribution < -0.4 is 19.9 Å². The zero-order valence-corrected chi connectivity index (χ0v) is 10.9. The van der Waals surface area contributed by atoms with Gasteiger partial charge in [0.15, 0.2) is 17.3 Å². The molecule has 1 aromatic heterocycles. The standard InChI is InChI=1S/C13H16N2O4/c1-16-11-5-9(7-14)6-12(17-2)13(11)18-8-10-3-4-15-19-10/h3-6H,7-8,14H2,1-2H3. The van der Waals surface area contributed by atoms with Crippen molar-refractivity contribution in [2.24, 2.45) is 5.73 Å². The number of benzene rings is 1. The molecule has 0 atom stereocenters. The highest BCUT2D eigenvalue weighted by atomic mass is 16.5. The van der Waals surface area contributed by atoms with Crippen molar-refractivity contribution in [3.8, 4) is 17.2 Å². The van der Waals surface area contributed by atoms with E-state index in [-0.39, 0.29) is 6.61 Å². The lowest BCUT2D eigenvalue weighted by molar-refractivity contribution is 0.228. The Morgan fingerprint density at radius 2 is 1.89 bits per heavy atom. The second-order valence-electron chi connectivity index (χ2n) is 3.80. The quantitative estimate of drug-likeness (QED) is 0.855. The average Bonchev–Trinajstić information content (AvgIpc) is 2.97. The summed E-state index contributed by atoms with van der Waals surface area (Å²) in [5.74, 6) is 2.27. The van der Waals surface area contributed by atoms with Crippen molar-refractivity contribution in [3.05, 3.63) is 35.7 Å². The molecular weight excluding hydrogens is 248 g/mol. The van der Waals surface area contributed by atoms with Crippen molar-refractivity contribution < 1.29 is 18.7 Å². The predicted molar refractivity (Wildman–Crippen MR) is 68.3 cm³/mol. The highest BCUT2D eigenvalue weighted by Gasteiger charge is 2.14. The SMILES string of the molecule is COc1cc(CN)cc(OC)c1OCc1ccno1. The molecule has 0 saturated heterocycles. The largest absolute Gasteiger partial charge is 0.493 e. The lowest BCUT2D eigenvalue weighted by atomic mass is 10.2. The lowest BCUT2D eigenvalue weighted by Crippen LogP contribution is -2.03. The Balaban J connectivity index is 2.26. The van der Waals surface area contributed by atoms with Crippen LogP contribution in [0.4, 0.5) is 0 Å². The van der Waals surface area contributed by atoms with Gasteiger partial charge in [-0.05, 0) is 17.7 Å². The van der Waals surface area contributed by atoms with Crippen LogP contribution in [-0.2, 0) is 13.2 Å². The van der Waals surface area contributed by atoms with Crippen LogP contribution >= 0.6 is 0 Å². The summed E-state index contributed by atoms with van der Waals surface area (Å²) in [5.41, 5.74) is 6.53. The number of hydrogen-bond donors (Lipinski definition) is 1. The maximum atomic E-state index is 5.67. The number of ether oxygens (including phenoxy) is 3. The molecule has 0 saturated carbocycles. The smallest absolute Gasteiger partial charge is 0.204 e. The number of rotatable bonds is 6. The van der Waals surface area contributed by atoms with Gasteiger partial charge < -0.3 is 24.5 Å². The van der Waals surface area contributed by atoms with E-state index in [0.717, 1.165) is 5.56 Å². The minimum absolute atomic E-state index is 0.245. The summed E-state index contributed by atoms with van der Waals surface area (Å²) in [7, 11) is 3.13. The minimum atomic E-state index is 0.245. The molecule has 0 spiro atoms. The Labute approximate surface area is 111 Å². The van der Waals surface area contributed by atoms with Crippen molar-refractivity contribution in [2.75, 3.05) is 14.2 Å². The molecular formula is C13H16N2O4. The molecule has 0 amide bonds. The monoisotopic (exact) mass is 264 g/mol. The summed E-state index contributed by atoms with van der Waals surface area (Å²) in [6.07, 6.45) is 1.56. The van der Waals surface area contributed by atoms with E-state index in [1.165, 1.54) is 0 Å². The summed E-state index contributed by atoms with van der Waals surface area (Å²) in [4.78, 5) is 0. The Hall–Kier alpha value is -2.21. The van der Waals surface area contributed by atoms with Crippen LogP contribution in [0.2, 0.25) is 0 Å². The van der Waals surface area contributed by atoms with Gasteiger partial charge in [-0.15, -0.1) is 0 Å². The number of nitrogens with zero attached hydrogens (tertiary/aromatic N) is 1. The molecule has 0 radical (unpaired) electrons. The van der Waals surface area contributed by atoms with Crippen LogP contribution in [0.15, 0.2) is 28.9 Å². The zero-order chi connectivity index (χ0) is 13.7. The molecule has 102 valence electrons. The van der Waals surface area contributed by atoms with E-state index in [1.54, 1.807) is 26.5 Å². The van der Waals surface area contributed by atoms with Crippen LogP contribution in [-0.4, -0.2) is 19.4 Å². The van der Waals surface area contributed by atoms with Gasteiger partial charge in [0, 0.05) is 12.6 Å². The van der Waals surface area contributed by atoms with E-state index in [1.807, 2.05) is 12.1 Å². The third-order valence-electron chi connectivity index (χ3n) is 2.61. The van der Waals surface area contributed by atoms with E-state index in [4.69, 9.17) is 24.5 Å². The molecule has 2 N–H and O–H groups in total. The molecule has 1 heterocycles. The molecule has 0 fully saturated rings. The molecule has 2 aromatic rings. The molecule has 6 nitrogen and oxygen atoms in total. The maximum absolute atomic E-state index is 5.67. The zero-order valence-electron chi connectivity index (χ0n) is 10.9. The predicted octanol–water partition coefficient (Wildman–Crippen LogP) is 1.73. The molecule has 1 aromatic carbocycles.